The molecule has 1 aromatic carbocycles. The number of amides is 1. The highest BCUT2D eigenvalue weighted by Gasteiger charge is 2.28. The molecule has 0 bridgehead atoms. The summed E-state index contributed by atoms with van der Waals surface area (Å²) in [7, 11) is -4.28. The summed E-state index contributed by atoms with van der Waals surface area (Å²) < 4.78 is 52.2. The van der Waals surface area contributed by atoms with Gasteiger partial charge in [-0.2, -0.15) is 4.31 Å². The highest BCUT2D eigenvalue weighted by Crippen LogP contribution is 2.20. The lowest BCUT2D eigenvalue weighted by Gasteiger charge is -2.21. The van der Waals surface area contributed by atoms with E-state index in [1.807, 2.05) is 0 Å². The van der Waals surface area contributed by atoms with E-state index in [0.29, 0.717) is 6.07 Å². The zero-order valence-electron chi connectivity index (χ0n) is 12.1. The largest absolute Gasteiger partial charge is 0.353 e. The van der Waals surface area contributed by atoms with Crippen LogP contribution in [0, 0.1) is 11.6 Å². The Kier molecular flexibility index (Phi) is 5.79. The minimum atomic E-state index is -4.28. The van der Waals surface area contributed by atoms with Gasteiger partial charge in [0.2, 0.25) is 15.9 Å². The van der Waals surface area contributed by atoms with Gasteiger partial charge in [-0.25, -0.2) is 17.2 Å². The van der Waals surface area contributed by atoms with Crippen LogP contribution >= 0.6 is 0 Å². The van der Waals surface area contributed by atoms with Crippen LogP contribution < -0.4 is 5.32 Å². The first-order valence-electron chi connectivity index (χ1n) is 6.43. The second kappa shape index (κ2) is 6.95. The maximum Gasteiger partial charge on any atom is 0.246 e. The lowest BCUT2D eigenvalue weighted by molar-refractivity contribution is -0.121. The molecule has 1 N–H and O–H groups in total. The molecule has 0 aromatic heterocycles. The highest BCUT2D eigenvalue weighted by atomic mass is 32.2. The fourth-order valence-electron chi connectivity index (χ4n) is 1.71. The van der Waals surface area contributed by atoms with Crippen LogP contribution in [0.25, 0.3) is 0 Å². The maximum absolute atomic E-state index is 13.6. The van der Waals surface area contributed by atoms with Gasteiger partial charge < -0.3 is 5.32 Å². The average Bonchev–Trinajstić information content (AvgIpc) is 2.37. The van der Waals surface area contributed by atoms with E-state index in [4.69, 9.17) is 0 Å². The van der Waals surface area contributed by atoms with Crippen LogP contribution in [-0.2, 0) is 14.8 Å². The standard InChI is InChI=1S/C13H18F2N2O3S/c1-4-17(8-13(18)16-9(2)3)21(19,20)12-7-10(14)5-6-11(12)15/h5-7,9H,4,8H2,1-3H3,(H,16,18). The van der Waals surface area contributed by atoms with E-state index in [0.717, 1.165) is 16.4 Å². The van der Waals surface area contributed by atoms with Crippen molar-refractivity contribution in [3.8, 4) is 0 Å². The van der Waals surface area contributed by atoms with Crippen LogP contribution in [0.5, 0.6) is 0 Å². The van der Waals surface area contributed by atoms with Crippen molar-refractivity contribution in [1.82, 2.24) is 9.62 Å². The first-order valence-corrected chi connectivity index (χ1v) is 7.87. The number of sulfonamides is 1. The number of rotatable bonds is 6. The Bertz CT molecular complexity index is 618. The normalized spacial score (nSPS) is 12.0. The van der Waals surface area contributed by atoms with Crippen molar-refractivity contribution >= 4 is 15.9 Å². The summed E-state index contributed by atoms with van der Waals surface area (Å²) in [5.74, 6) is -2.43. The molecule has 1 rings (SSSR count). The van der Waals surface area contributed by atoms with E-state index in [-0.39, 0.29) is 12.6 Å². The van der Waals surface area contributed by atoms with Gasteiger partial charge in [-0.05, 0) is 32.0 Å². The average molecular weight is 320 g/mol. The molecular weight excluding hydrogens is 302 g/mol. The molecule has 0 heterocycles. The van der Waals surface area contributed by atoms with Crippen LogP contribution in [0.3, 0.4) is 0 Å². The van der Waals surface area contributed by atoms with E-state index < -0.39 is 39.0 Å². The molecule has 1 amide bonds. The van der Waals surface area contributed by atoms with Gasteiger partial charge in [0.15, 0.2) is 0 Å². The fraction of sp³-hybridized carbons (Fsp3) is 0.462. The van der Waals surface area contributed by atoms with Gasteiger partial charge in [0, 0.05) is 12.6 Å². The van der Waals surface area contributed by atoms with Crippen molar-refractivity contribution in [1.29, 1.82) is 0 Å². The quantitative estimate of drug-likeness (QED) is 0.864. The van der Waals surface area contributed by atoms with Crippen LogP contribution in [0.4, 0.5) is 8.78 Å². The summed E-state index contributed by atoms with van der Waals surface area (Å²) in [6.07, 6.45) is 0. The number of carbonyl (C=O) groups is 1. The zero-order chi connectivity index (χ0) is 16.2. The minimum Gasteiger partial charge on any atom is -0.353 e. The summed E-state index contributed by atoms with van der Waals surface area (Å²) in [6.45, 7) is 4.48. The number of halogens is 2. The third kappa shape index (κ3) is 4.47. The van der Waals surface area contributed by atoms with Crippen molar-refractivity contribution in [2.45, 2.75) is 31.7 Å². The number of nitrogens with one attached hydrogen (secondary N) is 1. The Morgan fingerprint density at radius 1 is 1.33 bits per heavy atom. The van der Waals surface area contributed by atoms with Crippen LogP contribution in [0.2, 0.25) is 0 Å². The maximum atomic E-state index is 13.6. The lowest BCUT2D eigenvalue weighted by Crippen LogP contribution is -2.42. The lowest BCUT2D eigenvalue weighted by atomic mass is 10.3. The second-order valence-electron chi connectivity index (χ2n) is 4.73. The Morgan fingerprint density at radius 2 is 1.95 bits per heavy atom. The molecule has 0 aliphatic rings. The summed E-state index contributed by atoms with van der Waals surface area (Å²) in [6, 6.07) is 2.03. The molecule has 0 atom stereocenters. The van der Waals surface area contributed by atoms with Gasteiger partial charge in [0.05, 0.1) is 6.54 Å². The van der Waals surface area contributed by atoms with E-state index in [9.17, 15) is 22.0 Å². The van der Waals surface area contributed by atoms with Crippen LogP contribution in [-0.4, -0.2) is 37.8 Å². The molecule has 21 heavy (non-hydrogen) atoms. The topological polar surface area (TPSA) is 66.5 Å². The van der Waals surface area contributed by atoms with Gasteiger partial charge in [-0.3, -0.25) is 4.79 Å². The van der Waals surface area contributed by atoms with E-state index >= 15 is 0 Å². The van der Waals surface area contributed by atoms with Crippen molar-refractivity contribution in [3.63, 3.8) is 0 Å². The number of hydrogen-bond acceptors (Lipinski definition) is 3. The molecule has 0 saturated heterocycles. The second-order valence-corrected chi connectivity index (χ2v) is 6.63. The van der Waals surface area contributed by atoms with Gasteiger partial charge in [-0.1, -0.05) is 6.92 Å². The first kappa shape index (κ1) is 17.5. The third-order valence-corrected chi connectivity index (χ3v) is 4.57. The number of nitrogens with zero attached hydrogens (tertiary/aromatic N) is 1. The third-order valence-electron chi connectivity index (χ3n) is 2.63. The molecule has 0 saturated carbocycles. The van der Waals surface area contributed by atoms with Gasteiger partial charge in [0.1, 0.15) is 16.5 Å². The van der Waals surface area contributed by atoms with Gasteiger partial charge >= 0.3 is 0 Å². The van der Waals surface area contributed by atoms with Gasteiger partial charge in [-0.15, -0.1) is 0 Å². The highest BCUT2D eigenvalue weighted by molar-refractivity contribution is 7.89. The van der Waals surface area contributed by atoms with Crippen molar-refractivity contribution < 1.29 is 22.0 Å². The molecule has 118 valence electrons. The predicted octanol–water partition coefficient (Wildman–Crippen LogP) is 1.50. The molecule has 0 fully saturated rings. The van der Waals surface area contributed by atoms with Crippen molar-refractivity contribution in [2.75, 3.05) is 13.1 Å². The summed E-state index contributed by atoms with van der Waals surface area (Å²) in [5.41, 5.74) is 0. The SMILES string of the molecule is CCN(CC(=O)NC(C)C)S(=O)(=O)c1cc(F)ccc1F. The number of benzene rings is 1. The number of carbonyl (C=O) groups excluding carboxylic acids is 1. The molecule has 8 heteroatoms. The monoisotopic (exact) mass is 320 g/mol. The smallest absolute Gasteiger partial charge is 0.246 e. The fourth-order valence-corrected chi connectivity index (χ4v) is 3.19. The molecule has 1 aromatic rings. The Hall–Kier alpha value is -1.54. The van der Waals surface area contributed by atoms with E-state index in [1.165, 1.54) is 6.92 Å². The van der Waals surface area contributed by atoms with Crippen molar-refractivity contribution in [3.05, 3.63) is 29.8 Å². The molecular formula is C13H18F2N2O3S. The summed E-state index contributed by atoms with van der Waals surface area (Å²) in [5, 5.41) is 2.54. The number of hydrogen-bond donors (Lipinski definition) is 1. The van der Waals surface area contributed by atoms with E-state index in [2.05, 4.69) is 5.32 Å². The van der Waals surface area contributed by atoms with Crippen LogP contribution in [0.1, 0.15) is 20.8 Å². The molecule has 0 radical (unpaired) electrons. The Labute approximate surface area is 123 Å². The Morgan fingerprint density at radius 3 is 2.48 bits per heavy atom. The first-order chi connectivity index (χ1) is 9.68. The minimum absolute atomic E-state index is 0.0379. The predicted molar refractivity (Wildman–Crippen MR) is 74.1 cm³/mol. The summed E-state index contributed by atoms with van der Waals surface area (Å²) >= 11 is 0. The molecule has 0 unspecified atom stereocenters. The molecule has 5 nitrogen and oxygen atoms in total. The van der Waals surface area contributed by atoms with Crippen LogP contribution in [0.15, 0.2) is 23.1 Å². The summed E-state index contributed by atoms with van der Waals surface area (Å²) in [4.78, 5) is 10.9. The van der Waals surface area contributed by atoms with Gasteiger partial charge in [0.25, 0.3) is 0 Å². The molecule has 0 aliphatic carbocycles. The molecule has 0 spiro atoms. The Balaban J connectivity index is 3.08. The zero-order valence-corrected chi connectivity index (χ0v) is 12.9. The van der Waals surface area contributed by atoms with E-state index in [1.54, 1.807) is 13.8 Å². The number of likely N-dealkylation sites (N-methyl/N-ethyl adjacent to an activating group) is 1. The molecule has 0 aliphatic heterocycles. The van der Waals surface area contributed by atoms with Crippen molar-refractivity contribution in [2.24, 2.45) is 0 Å².